The number of nitrogens with one attached hydrogen (secondary N) is 1. The normalized spacial score (nSPS) is 25.6. The zero-order chi connectivity index (χ0) is 19.7. The van der Waals surface area contributed by atoms with Crippen LogP contribution in [0.4, 0.5) is 19.0 Å². The van der Waals surface area contributed by atoms with Crippen molar-refractivity contribution in [1.82, 2.24) is 24.5 Å². The van der Waals surface area contributed by atoms with E-state index in [0.29, 0.717) is 31.9 Å². The van der Waals surface area contributed by atoms with Gasteiger partial charge in [-0.05, 0) is 0 Å². The first kappa shape index (κ1) is 17.5. The molecule has 150 valence electrons. The van der Waals surface area contributed by atoms with E-state index in [1.807, 2.05) is 0 Å². The van der Waals surface area contributed by atoms with E-state index >= 15 is 0 Å². The molecule has 8 nitrogen and oxygen atoms in total. The highest BCUT2D eigenvalue weighted by atomic mass is 19.4. The number of ether oxygens (including phenoxy) is 1. The second kappa shape index (κ2) is 5.72. The van der Waals surface area contributed by atoms with Gasteiger partial charge in [0.15, 0.2) is 11.7 Å². The van der Waals surface area contributed by atoms with Gasteiger partial charge in [0.1, 0.15) is 5.82 Å². The topological polar surface area (TPSA) is 77.2 Å². The lowest BCUT2D eigenvalue weighted by atomic mass is 9.78. The van der Waals surface area contributed by atoms with Gasteiger partial charge in [-0.1, -0.05) is 0 Å². The van der Waals surface area contributed by atoms with Crippen LogP contribution in [0.15, 0.2) is 18.5 Å². The van der Waals surface area contributed by atoms with Crippen LogP contribution in [0, 0.1) is 5.41 Å². The summed E-state index contributed by atoms with van der Waals surface area (Å²) in [5, 5.41) is 11.1. The smallest absolute Gasteiger partial charge is 0.380 e. The number of carbonyl (C=O) groups excluding carboxylic acids is 1. The van der Waals surface area contributed by atoms with E-state index in [4.69, 9.17) is 4.74 Å². The molecule has 3 aliphatic heterocycles. The Kier molecular flexibility index (Phi) is 3.58. The fourth-order valence-electron chi connectivity index (χ4n) is 4.16. The number of amides is 1. The number of likely N-dealkylation sites (tertiary alicyclic amines) is 1. The van der Waals surface area contributed by atoms with Gasteiger partial charge in [-0.15, -0.1) is 0 Å². The van der Waals surface area contributed by atoms with Crippen LogP contribution >= 0.6 is 0 Å². The molecule has 2 saturated heterocycles. The van der Waals surface area contributed by atoms with Gasteiger partial charge < -0.3 is 15.0 Å². The Morgan fingerprint density at radius 3 is 2.68 bits per heavy atom. The highest BCUT2D eigenvalue weighted by Gasteiger charge is 2.52. The summed E-state index contributed by atoms with van der Waals surface area (Å²) in [6.45, 7) is 2.37. The molecule has 0 saturated carbocycles. The average molecular weight is 396 g/mol. The van der Waals surface area contributed by atoms with Crippen molar-refractivity contribution in [2.45, 2.75) is 24.7 Å². The van der Waals surface area contributed by atoms with Crippen molar-refractivity contribution >= 4 is 11.7 Å². The number of nitrogens with zero attached hydrogens (tertiary/aromatic N) is 5. The van der Waals surface area contributed by atoms with E-state index in [9.17, 15) is 18.0 Å². The van der Waals surface area contributed by atoms with Gasteiger partial charge in [-0.2, -0.15) is 23.4 Å². The molecule has 1 spiro atoms. The minimum atomic E-state index is -4.48. The van der Waals surface area contributed by atoms with Crippen molar-refractivity contribution in [3.8, 4) is 0 Å². The average Bonchev–Trinajstić information content (AvgIpc) is 3.15. The van der Waals surface area contributed by atoms with Crippen molar-refractivity contribution in [3.63, 3.8) is 0 Å². The molecule has 2 atom stereocenters. The summed E-state index contributed by atoms with van der Waals surface area (Å²) in [5.74, 6) is -0.159. The Balaban J connectivity index is 1.42. The SMILES string of the molecule is Cn1cc([C@@H]2C[C@H](C(F)(F)F)n3nc(C(=O)N4CC5(COC5)C4)cc3N2)cn1. The summed E-state index contributed by atoms with van der Waals surface area (Å²) < 4.78 is 48.7. The summed E-state index contributed by atoms with van der Waals surface area (Å²) in [7, 11) is 1.71. The minimum absolute atomic E-state index is 0.0266. The van der Waals surface area contributed by atoms with Crippen molar-refractivity contribution in [1.29, 1.82) is 0 Å². The highest BCUT2D eigenvalue weighted by molar-refractivity contribution is 5.94. The molecule has 0 unspecified atom stereocenters. The summed E-state index contributed by atoms with van der Waals surface area (Å²) >= 11 is 0. The van der Waals surface area contributed by atoms with E-state index in [1.165, 1.54) is 6.07 Å². The van der Waals surface area contributed by atoms with Crippen LogP contribution in [0.25, 0.3) is 0 Å². The van der Waals surface area contributed by atoms with Crippen molar-refractivity contribution < 1.29 is 22.7 Å². The van der Waals surface area contributed by atoms with Crippen LogP contribution in [0.5, 0.6) is 0 Å². The molecule has 0 bridgehead atoms. The maximum Gasteiger partial charge on any atom is 0.410 e. The van der Waals surface area contributed by atoms with Crippen LogP contribution < -0.4 is 5.32 Å². The number of fused-ring (bicyclic) bond motifs is 1. The third-order valence-corrected chi connectivity index (χ3v) is 5.69. The lowest BCUT2D eigenvalue weighted by Crippen LogP contribution is -2.67. The summed E-state index contributed by atoms with van der Waals surface area (Å²) in [5.41, 5.74) is 0.720. The van der Waals surface area contributed by atoms with E-state index in [0.717, 1.165) is 4.68 Å². The van der Waals surface area contributed by atoms with E-state index in [1.54, 1.807) is 29.0 Å². The fourth-order valence-corrected chi connectivity index (χ4v) is 4.16. The van der Waals surface area contributed by atoms with Gasteiger partial charge in [0, 0.05) is 44.4 Å². The molecule has 11 heteroatoms. The maximum absolute atomic E-state index is 13.7. The molecule has 2 aromatic heterocycles. The minimum Gasteiger partial charge on any atom is -0.380 e. The zero-order valence-corrected chi connectivity index (χ0v) is 15.1. The van der Waals surface area contributed by atoms with Crippen LogP contribution in [-0.2, 0) is 11.8 Å². The molecule has 0 aromatic carbocycles. The number of alkyl halides is 3. The first-order valence-corrected chi connectivity index (χ1v) is 9.02. The molecule has 3 aliphatic rings. The second-order valence-corrected chi connectivity index (χ2v) is 7.95. The lowest BCUT2D eigenvalue weighted by Gasteiger charge is -2.54. The number of hydrogen-bond donors (Lipinski definition) is 1. The summed E-state index contributed by atoms with van der Waals surface area (Å²) in [6, 6.07) is -0.962. The lowest BCUT2D eigenvalue weighted by molar-refractivity contribution is -0.176. The predicted molar refractivity (Wildman–Crippen MR) is 90.7 cm³/mol. The number of halogens is 3. The van der Waals surface area contributed by atoms with Crippen LogP contribution in [0.1, 0.15) is 34.6 Å². The van der Waals surface area contributed by atoms with E-state index in [-0.39, 0.29) is 29.3 Å². The van der Waals surface area contributed by atoms with Crippen LogP contribution in [0.3, 0.4) is 0 Å². The van der Waals surface area contributed by atoms with Gasteiger partial charge in [-0.25, -0.2) is 4.68 Å². The van der Waals surface area contributed by atoms with Crippen molar-refractivity contribution in [2.75, 3.05) is 31.6 Å². The number of aryl methyl sites for hydroxylation is 1. The molecular formula is C17H19F3N6O2. The first-order valence-electron chi connectivity index (χ1n) is 9.02. The van der Waals surface area contributed by atoms with E-state index in [2.05, 4.69) is 15.5 Å². The van der Waals surface area contributed by atoms with Crippen molar-refractivity contribution in [3.05, 3.63) is 29.7 Å². The molecule has 2 fully saturated rings. The van der Waals surface area contributed by atoms with Gasteiger partial charge in [0.2, 0.25) is 0 Å². The molecule has 0 radical (unpaired) electrons. The summed E-state index contributed by atoms with van der Waals surface area (Å²) in [6.07, 6.45) is -1.47. The predicted octanol–water partition coefficient (Wildman–Crippen LogP) is 1.75. The Morgan fingerprint density at radius 2 is 2.11 bits per heavy atom. The molecule has 1 amide bonds. The third kappa shape index (κ3) is 2.67. The molecular weight excluding hydrogens is 377 g/mol. The Labute approximate surface area is 158 Å². The number of rotatable bonds is 2. The second-order valence-electron chi connectivity index (χ2n) is 7.95. The van der Waals surface area contributed by atoms with Gasteiger partial charge in [-0.3, -0.25) is 9.48 Å². The molecule has 5 rings (SSSR count). The first-order chi connectivity index (χ1) is 13.2. The third-order valence-electron chi connectivity index (χ3n) is 5.69. The fraction of sp³-hybridized carbons (Fsp3) is 0.588. The van der Waals surface area contributed by atoms with Crippen LogP contribution in [-0.4, -0.2) is 62.8 Å². The molecule has 2 aromatic rings. The Hall–Kier alpha value is -2.56. The number of hydrogen-bond acceptors (Lipinski definition) is 5. The summed E-state index contributed by atoms with van der Waals surface area (Å²) in [4.78, 5) is 14.3. The standard InChI is InChI=1S/C17H19F3N6O2/c1-24-5-10(4-21-24)11-2-13(17(18,19)20)26-14(22-11)3-12(23-26)15(27)25-6-16(7-25)8-28-9-16/h3-5,11,13,22H,2,6-9H2,1H3/t11-,13+/m0/s1. The monoisotopic (exact) mass is 396 g/mol. The van der Waals surface area contributed by atoms with Gasteiger partial charge in [0.05, 0.1) is 30.9 Å². The van der Waals surface area contributed by atoms with Crippen LogP contribution in [0.2, 0.25) is 0 Å². The largest absolute Gasteiger partial charge is 0.410 e. The Bertz CT molecular complexity index is 924. The molecule has 0 aliphatic carbocycles. The number of aromatic nitrogens is 4. The Morgan fingerprint density at radius 1 is 1.36 bits per heavy atom. The zero-order valence-electron chi connectivity index (χ0n) is 15.1. The molecule has 1 N–H and O–H groups in total. The quantitative estimate of drug-likeness (QED) is 0.837. The van der Waals surface area contributed by atoms with Gasteiger partial charge in [0.25, 0.3) is 5.91 Å². The van der Waals surface area contributed by atoms with E-state index < -0.39 is 18.3 Å². The van der Waals surface area contributed by atoms with Gasteiger partial charge >= 0.3 is 6.18 Å². The molecule has 5 heterocycles. The molecule has 28 heavy (non-hydrogen) atoms. The van der Waals surface area contributed by atoms with Crippen molar-refractivity contribution in [2.24, 2.45) is 12.5 Å². The number of anilines is 1. The highest BCUT2D eigenvalue weighted by Crippen LogP contribution is 2.44. The maximum atomic E-state index is 13.7. The number of carbonyl (C=O) groups is 1.